The van der Waals surface area contributed by atoms with Crippen LogP contribution in [0.15, 0.2) is 24.3 Å². The van der Waals surface area contributed by atoms with Crippen molar-refractivity contribution < 1.29 is 13.9 Å². The molecule has 0 spiro atoms. The predicted octanol–water partition coefficient (Wildman–Crippen LogP) is 4.18. The molecular formula is C16H17ClFNO2. The van der Waals surface area contributed by atoms with Gasteiger partial charge in [0.1, 0.15) is 11.6 Å². The summed E-state index contributed by atoms with van der Waals surface area (Å²) in [5, 5.41) is 0.0279. The molecular weight excluding hydrogens is 293 g/mol. The van der Waals surface area contributed by atoms with Gasteiger partial charge >= 0.3 is 0 Å². The highest BCUT2D eigenvalue weighted by atomic mass is 35.5. The molecule has 0 amide bonds. The molecule has 1 aromatic heterocycles. The Morgan fingerprint density at radius 1 is 1.33 bits per heavy atom. The van der Waals surface area contributed by atoms with Crippen LogP contribution in [0.5, 0.6) is 5.75 Å². The Labute approximate surface area is 128 Å². The zero-order valence-electron chi connectivity index (χ0n) is 12.2. The summed E-state index contributed by atoms with van der Waals surface area (Å²) >= 11 is 5.60. The number of halogens is 2. The minimum Gasteiger partial charge on any atom is -0.485 e. The Balaban J connectivity index is 2.10. The molecule has 0 aliphatic heterocycles. The molecule has 0 saturated heterocycles. The fraction of sp³-hybridized carbons (Fsp3) is 0.312. The molecule has 0 aliphatic rings. The van der Waals surface area contributed by atoms with Gasteiger partial charge in [0.25, 0.3) is 0 Å². The molecule has 1 aromatic carbocycles. The van der Waals surface area contributed by atoms with E-state index in [0.29, 0.717) is 5.56 Å². The van der Waals surface area contributed by atoms with E-state index in [1.807, 2.05) is 26.8 Å². The predicted molar refractivity (Wildman–Crippen MR) is 80.8 cm³/mol. The van der Waals surface area contributed by atoms with Gasteiger partial charge in [0.05, 0.1) is 5.02 Å². The minimum absolute atomic E-state index is 0.0279. The second kappa shape index (κ2) is 6.31. The van der Waals surface area contributed by atoms with Crippen LogP contribution in [-0.4, -0.2) is 17.0 Å². The normalized spacial score (nSPS) is 10.7. The number of hydrogen-bond donors (Lipinski definition) is 0. The molecule has 0 N–H and O–H groups in total. The molecule has 0 atom stereocenters. The van der Waals surface area contributed by atoms with E-state index in [1.54, 1.807) is 0 Å². The van der Waals surface area contributed by atoms with Crippen LogP contribution in [0.25, 0.3) is 0 Å². The number of ketones is 1. The van der Waals surface area contributed by atoms with E-state index in [4.69, 9.17) is 16.3 Å². The lowest BCUT2D eigenvalue weighted by Crippen LogP contribution is -2.13. The number of hydrogen-bond acceptors (Lipinski definition) is 2. The molecule has 0 saturated carbocycles. The van der Waals surface area contributed by atoms with E-state index in [-0.39, 0.29) is 23.2 Å². The van der Waals surface area contributed by atoms with E-state index < -0.39 is 5.82 Å². The molecule has 0 unspecified atom stereocenters. The van der Waals surface area contributed by atoms with Gasteiger partial charge in [-0.1, -0.05) is 11.6 Å². The van der Waals surface area contributed by atoms with Crippen molar-refractivity contribution in [3.8, 4) is 5.75 Å². The largest absolute Gasteiger partial charge is 0.485 e. The van der Waals surface area contributed by atoms with E-state index in [9.17, 15) is 9.18 Å². The van der Waals surface area contributed by atoms with Gasteiger partial charge in [-0.25, -0.2) is 4.39 Å². The summed E-state index contributed by atoms with van der Waals surface area (Å²) in [4.78, 5) is 12.2. The van der Waals surface area contributed by atoms with Crippen molar-refractivity contribution in [3.05, 3.63) is 52.1 Å². The summed E-state index contributed by atoms with van der Waals surface area (Å²) in [6.07, 6.45) is 0. The molecule has 2 aromatic rings. The number of ether oxygens (including phenoxy) is 1. The first kappa shape index (κ1) is 15.6. The molecule has 21 heavy (non-hydrogen) atoms. The second-order valence-corrected chi connectivity index (χ2v) is 5.22. The van der Waals surface area contributed by atoms with Crippen LogP contribution in [0.2, 0.25) is 5.02 Å². The maximum absolute atomic E-state index is 13.3. The van der Waals surface area contributed by atoms with Crippen LogP contribution in [0, 0.1) is 19.7 Å². The van der Waals surface area contributed by atoms with E-state index in [1.165, 1.54) is 18.2 Å². The standard InChI is InChI=1S/C16H17ClFNO2/c1-4-19-10(2)7-13(11(19)3)16(20)9-21-12-5-6-14(17)15(18)8-12/h5-8H,4,9H2,1-3H3. The number of carbonyl (C=O) groups excluding carboxylic acids is 1. The van der Waals surface area contributed by atoms with E-state index in [2.05, 4.69) is 4.57 Å². The van der Waals surface area contributed by atoms with Gasteiger partial charge in [-0.2, -0.15) is 0 Å². The fourth-order valence-electron chi connectivity index (χ4n) is 2.36. The molecule has 112 valence electrons. The number of benzene rings is 1. The quantitative estimate of drug-likeness (QED) is 0.776. The maximum atomic E-state index is 13.3. The van der Waals surface area contributed by atoms with Crippen LogP contribution in [0.1, 0.15) is 28.7 Å². The van der Waals surface area contributed by atoms with Crippen molar-refractivity contribution in [3.63, 3.8) is 0 Å². The Kier molecular flexibility index (Phi) is 4.68. The molecule has 0 bridgehead atoms. The molecule has 2 rings (SSSR count). The molecule has 3 nitrogen and oxygen atoms in total. The Bertz CT molecular complexity index is 679. The zero-order chi connectivity index (χ0) is 15.6. The lowest BCUT2D eigenvalue weighted by atomic mass is 10.1. The van der Waals surface area contributed by atoms with Crippen LogP contribution in [-0.2, 0) is 6.54 Å². The van der Waals surface area contributed by atoms with Crippen LogP contribution in [0.4, 0.5) is 4.39 Å². The van der Waals surface area contributed by atoms with Crippen LogP contribution in [0.3, 0.4) is 0 Å². The molecule has 1 heterocycles. The van der Waals surface area contributed by atoms with Gasteiger partial charge in [-0.15, -0.1) is 0 Å². The number of aryl methyl sites for hydroxylation is 1. The average Bonchev–Trinajstić information content (AvgIpc) is 2.74. The topological polar surface area (TPSA) is 31.2 Å². The number of nitrogens with zero attached hydrogens (tertiary/aromatic N) is 1. The first-order chi connectivity index (χ1) is 9.93. The molecule has 0 aliphatic carbocycles. The van der Waals surface area contributed by atoms with Crippen molar-refractivity contribution in [2.45, 2.75) is 27.3 Å². The van der Waals surface area contributed by atoms with Gasteiger partial charge in [-0.05, 0) is 39.0 Å². The van der Waals surface area contributed by atoms with Crippen molar-refractivity contribution in [1.29, 1.82) is 0 Å². The lowest BCUT2D eigenvalue weighted by molar-refractivity contribution is 0.0920. The fourth-order valence-corrected chi connectivity index (χ4v) is 2.48. The summed E-state index contributed by atoms with van der Waals surface area (Å²) < 4.78 is 20.7. The number of rotatable bonds is 5. The summed E-state index contributed by atoms with van der Waals surface area (Å²) in [5.74, 6) is -0.404. The number of aromatic nitrogens is 1. The van der Waals surface area contributed by atoms with Gasteiger partial charge in [-0.3, -0.25) is 4.79 Å². The maximum Gasteiger partial charge on any atom is 0.202 e. The Morgan fingerprint density at radius 2 is 2.05 bits per heavy atom. The average molecular weight is 310 g/mol. The third-order valence-corrected chi connectivity index (χ3v) is 3.76. The van der Waals surface area contributed by atoms with Gasteiger partial charge in [0.2, 0.25) is 5.78 Å². The van der Waals surface area contributed by atoms with Crippen molar-refractivity contribution in [2.75, 3.05) is 6.61 Å². The van der Waals surface area contributed by atoms with Gasteiger partial charge in [0, 0.05) is 29.6 Å². The lowest BCUT2D eigenvalue weighted by Gasteiger charge is -2.07. The third-order valence-electron chi connectivity index (χ3n) is 3.45. The third kappa shape index (κ3) is 3.27. The molecule has 0 radical (unpaired) electrons. The Morgan fingerprint density at radius 3 is 2.62 bits per heavy atom. The summed E-state index contributed by atoms with van der Waals surface area (Å²) in [7, 11) is 0. The summed E-state index contributed by atoms with van der Waals surface area (Å²) in [6.45, 7) is 6.58. The molecule has 5 heteroatoms. The summed E-state index contributed by atoms with van der Waals surface area (Å²) in [6, 6.07) is 5.96. The van der Waals surface area contributed by atoms with Gasteiger partial charge < -0.3 is 9.30 Å². The van der Waals surface area contributed by atoms with Crippen molar-refractivity contribution >= 4 is 17.4 Å². The second-order valence-electron chi connectivity index (χ2n) is 4.82. The Hall–Kier alpha value is -1.81. The SMILES string of the molecule is CCn1c(C)cc(C(=O)COc2ccc(Cl)c(F)c2)c1C. The smallest absolute Gasteiger partial charge is 0.202 e. The van der Waals surface area contributed by atoms with Crippen LogP contribution < -0.4 is 4.74 Å². The van der Waals surface area contributed by atoms with Crippen molar-refractivity contribution in [1.82, 2.24) is 4.57 Å². The van der Waals surface area contributed by atoms with Crippen molar-refractivity contribution in [2.24, 2.45) is 0 Å². The van der Waals surface area contributed by atoms with Crippen LogP contribution >= 0.6 is 11.6 Å². The van der Waals surface area contributed by atoms with E-state index >= 15 is 0 Å². The highest BCUT2D eigenvalue weighted by Crippen LogP contribution is 2.21. The zero-order valence-corrected chi connectivity index (χ0v) is 13.0. The summed E-state index contributed by atoms with van der Waals surface area (Å²) in [5.41, 5.74) is 2.60. The van der Waals surface area contributed by atoms with Gasteiger partial charge in [0.15, 0.2) is 6.61 Å². The molecule has 0 fully saturated rings. The highest BCUT2D eigenvalue weighted by Gasteiger charge is 2.15. The first-order valence-corrected chi connectivity index (χ1v) is 7.09. The minimum atomic E-state index is -0.564. The van der Waals surface area contributed by atoms with E-state index in [0.717, 1.165) is 17.9 Å². The highest BCUT2D eigenvalue weighted by molar-refractivity contribution is 6.30. The first-order valence-electron chi connectivity index (χ1n) is 6.71. The number of carbonyl (C=O) groups is 1. The number of Topliss-reactive ketones (excluding diaryl/α,β-unsaturated/α-hetero) is 1. The monoisotopic (exact) mass is 309 g/mol.